The third-order valence-electron chi connectivity index (χ3n) is 5.27. The Morgan fingerprint density at radius 3 is 2.28 bits per heavy atom. The molecule has 6 nitrogen and oxygen atoms in total. The van der Waals surface area contributed by atoms with Gasteiger partial charge in [-0.2, -0.15) is 8.78 Å². The van der Waals surface area contributed by atoms with Gasteiger partial charge >= 0.3 is 6.61 Å². The Bertz CT molecular complexity index is 792. The SMILES string of the molecule is COc1cc(CN2[C@H](CO)[C@@H](O)[C@@H](O)[C@@H]2Cc2ccccc2)ccc1OC(F)F. The van der Waals surface area contributed by atoms with Crippen LogP contribution < -0.4 is 9.47 Å². The highest BCUT2D eigenvalue weighted by Crippen LogP contribution is 2.33. The summed E-state index contributed by atoms with van der Waals surface area (Å²) in [6.07, 6.45) is -1.65. The monoisotopic (exact) mass is 409 g/mol. The van der Waals surface area contributed by atoms with E-state index in [4.69, 9.17) is 4.74 Å². The van der Waals surface area contributed by atoms with Gasteiger partial charge in [0.1, 0.15) is 0 Å². The molecular formula is C21H25F2NO5. The summed E-state index contributed by atoms with van der Waals surface area (Å²) in [5.41, 5.74) is 1.70. The molecule has 3 N–H and O–H groups in total. The van der Waals surface area contributed by atoms with Crippen LogP contribution in [0.15, 0.2) is 48.5 Å². The number of nitrogens with zero attached hydrogens (tertiary/aromatic N) is 1. The summed E-state index contributed by atoms with van der Waals surface area (Å²) in [5.74, 6) is 0.0792. The van der Waals surface area contributed by atoms with Gasteiger partial charge in [-0.3, -0.25) is 4.90 Å². The first-order chi connectivity index (χ1) is 13.9. The lowest BCUT2D eigenvalue weighted by molar-refractivity contribution is -0.0512. The molecule has 8 heteroatoms. The van der Waals surface area contributed by atoms with Crippen LogP contribution in [-0.4, -0.2) is 64.8 Å². The van der Waals surface area contributed by atoms with Crippen molar-refractivity contribution in [1.29, 1.82) is 0 Å². The average Bonchev–Trinajstić information content (AvgIpc) is 2.93. The first kappa shape index (κ1) is 21.4. The molecule has 1 fully saturated rings. The summed E-state index contributed by atoms with van der Waals surface area (Å²) >= 11 is 0. The van der Waals surface area contributed by atoms with Crippen molar-refractivity contribution >= 4 is 0 Å². The minimum absolute atomic E-state index is 0.0766. The van der Waals surface area contributed by atoms with Crippen molar-refractivity contribution in [3.63, 3.8) is 0 Å². The normalized spacial score (nSPS) is 24.8. The number of halogens is 2. The highest BCUT2D eigenvalue weighted by Gasteiger charge is 2.46. The molecule has 4 atom stereocenters. The van der Waals surface area contributed by atoms with Gasteiger partial charge in [0, 0.05) is 12.6 Å². The van der Waals surface area contributed by atoms with Gasteiger partial charge in [0.05, 0.1) is 32.0 Å². The van der Waals surface area contributed by atoms with E-state index < -0.39 is 30.9 Å². The Labute approximate surface area is 167 Å². The summed E-state index contributed by atoms with van der Waals surface area (Å²) < 4.78 is 34.7. The van der Waals surface area contributed by atoms with E-state index in [1.807, 2.05) is 35.2 Å². The van der Waals surface area contributed by atoms with Crippen LogP contribution in [0.2, 0.25) is 0 Å². The van der Waals surface area contributed by atoms with E-state index in [9.17, 15) is 24.1 Å². The lowest BCUT2D eigenvalue weighted by Crippen LogP contribution is -2.41. The van der Waals surface area contributed by atoms with E-state index in [1.165, 1.54) is 13.2 Å². The van der Waals surface area contributed by atoms with Gasteiger partial charge in [-0.25, -0.2) is 0 Å². The fourth-order valence-electron chi connectivity index (χ4n) is 3.85. The molecule has 0 amide bonds. The fraction of sp³-hybridized carbons (Fsp3) is 0.429. The molecule has 2 aromatic rings. The third kappa shape index (κ3) is 4.84. The number of aliphatic hydroxyl groups is 3. The van der Waals surface area contributed by atoms with Crippen LogP contribution in [0.1, 0.15) is 11.1 Å². The number of hydrogen-bond donors (Lipinski definition) is 3. The molecule has 29 heavy (non-hydrogen) atoms. The molecule has 1 aliphatic rings. The zero-order valence-electron chi connectivity index (χ0n) is 16.0. The highest BCUT2D eigenvalue weighted by molar-refractivity contribution is 5.43. The van der Waals surface area contributed by atoms with Gasteiger partial charge in [0.2, 0.25) is 0 Å². The molecule has 0 spiro atoms. The van der Waals surface area contributed by atoms with E-state index in [0.717, 1.165) is 5.56 Å². The van der Waals surface area contributed by atoms with E-state index in [2.05, 4.69) is 4.74 Å². The molecule has 0 unspecified atom stereocenters. The number of rotatable bonds is 8. The second-order valence-corrected chi connectivity index (χ2v) is 7.02. The first-order valence-electron chi connectivity index (χ1n) is 9.33. The van der Waals surface area contributed by atoms with Crippen molar-refractivity contribution in [2.75, 3.05) is 13.7 Å². The lowest BCUT2D eigenvalue weighted by Gasteiger charge is -2.30. The molecule has 0 saturated carbocycles. The van der Waals surface area contributed by atoms with Crippen molar-refractivity contribution in [2.24, 2.45) is 0 Å². The average molecular weight is 409 g/mol. The van der Waals surface area contributed by atoms with E-state index in [0.29, 0.717) is 12.0 Å². The Morgan fingerprint density at radius 2 is 1.66 bits per heavy atom. The second kappa shape index (κ2) is 9.49. The van der Waals surface area contributed by atoms with Gasteiger partial charge < -0.3 is 24.8 Å². The minimum Gasteiger partial charge on any atom is -0.493 e. The molecule has 158 valence electrons. The number of hydrogen-bond acceptors (Lipinski definition) is 6. The Hall–Kier alpha value is -2.26. The van der Waals surface area contributed by atoms with Crippen LogP contribution in [-0.2, 0) is 13.0 Å². The van der Waals surface area contributed by atoms with E-state index in [1.54, 1.807) is 12.1 Å². The molecule has 1 saturated heterocycles. The lowest BCUT2D eigenvalue weighted by atomic mass is 10.0. The van der Waals surface area contributed by atoms with Crippen LogP contribution in [0.25, 0.3) is 0 Å². The van der Waals surface area contributed by atoms with Gasteiger partial charge in [0.25, 0.3) is 0 Å². The predicted molar refractivity (Wildman–Crippen MR) is 102 cm³/mol. The van der Waals surface area contributed by atoms with Crippen molar-refractivity contribution < 1.29 is 33.6 Å². The third-order valence-corrected chi connectivity index (χ3v) is 5.27. The first-order valence-corrected chi connectivity index (χ1v) is 9.33. The largest absolute Gasteiger partial charge is 0.493 e. The van der Waals surface area contributed by atoms with Gasteiger partial charge in [-0.15, -0.1) is 0 Å². The summed E-state index contributed by atoms with van der Waals surface area (Å²) in [6, 6.07) is 13.1. The van der Waals surface area contributed by atoms with Crippen molar-refractivity contribution in [2.45, 2.75) is 43.9 Å². The van der Waals surface area contributed by atoms with Crippen LogP contribution in [0.3, 0.4) is 0 Å². The zero-order valence-corrected chi connectivity index (χ0v) is 16.0. The molecular weight excluding hydrogens is 384 g/mol. The summed E-state index contributed by atoms with van der Waals surface area (Å²) in [7, 11) is 1.36. The van der Waals surface area contributed by atoms with Crippen LogP contribution in [0.4, 0.5) is 8.78 Å². The number of methoxy groups -OCH3 is 1. The molecule has 0 aromatic heterocycles. The number of aliphatic hydroxyl groups excluding tert-OH is 3. The maximum atomic E-state index is 12.5. The molecule has 0 radical (unpaired) electrons. The molecule has 0 bridgehead atoms. The van der Waals surface area contributed by atoms with Crippen LogP contribution >= 0.6 is 0 Å². The highest BCUT2D eigenvalue weighted by atomic mass is 19.3. The smallest absolute Gasteiger partial charge is 0.387 e. The maximum absolute atomic E-state index is 12.5. The fourth-order valence-corrected chi connectivity index (χ4v) is 3.85. The molecule has 2 aromatic carbocycles. The van der Waals surface area contributed by atoms with Crippen LogP contribution in [0.5, 0.6) is 11.5 Å². The van der Waals surface area contributed by atoms with Crippen molar-refractivity contribution in [3.8, 4) is 11.5 Å². The molecule has 1 heterocycles. The van der Waals surface area contributed by atoms with Gasteiger partial charge in [0.15, 0.2) is 11.5 Å². The second-order valence-electron chi connectivity index (χ2n) is 7.02. The van der Waals surface area contributed by atoms with Gasteiger partial charge in [-0.1, -0.05) is 36.4 Å². The quantitative estimate of drug-likeness (QED) is 0.617. The summed E-state index contributed by atoms with van der Waals surface area (Å²) in [4.78, 5) is 1.84. The molecule has 0 aliphatic carbocycles. The molecule has 3 rings (SSSR count). The molecule has 1 aliphatic heterocycles. The zero-order chi connectivity index (χ0) is 21.0. The maximum Gasteiger partial charge on any atom is 0.387 e. The van der Waals surface area contributed by atoms with E-state index >= 15 is 0 Å². The number of ether oxygens (including phenoxy) is 2. The topological polar surface area (TPSA) is 82.4 Å². The minimum atomic E-state index is -2.97. The standard InChI is InChI=1S/C21H25F2NO5/c1-28-18-10-14(7-8-17(18)29-21(22)23)11-24-15(9-13-5-3-2-4-6-13)19(26)20(27)16(24)12-25/h2-8,10,15-16,19-21,25-27H,9,11-12H2,1H3/t15-,16+,19-,20+/m0/s1. The number of benzene rings is 2. The summed E-state index contributed by atoms with van der Waals surface area (Å²) in [6.45, 7) is -3.01. The Morgan fingerprint density at radius 1 is 0.966 bits per heavy atom. The Kier molecular flexibility index (Phi) is 7.02. The summed E-state index contributed by atoms with van der Waals surface area (Å²) in [5, 5.41) is 30.8. The Balaban J connectivity index is 1.85. The predicted octanol–water partition coefficient (Wildman–Crippen LogP) is 1.81. The van der Waals surface area contributed by atoms with E-state index in [-0.39, 0.29) is 24.7 Å². The van der Waals surface area contributed by atoms with Crippen molar-refractivity contribution in [3.05, 3.63) is 59.7 Å². The van der Waals surface area contributed by atoms with Gasteiger partial charge in [-0.05, 0) is 29.7 Å². The number of alkyl halides is 2. The van der Waals surface area contributed by atoms with Crippen LogP contribution in [0, 0.1) is 0 Å². The van der Waals surface area contributed by atoms with Crippen molar-refractivity contribution in [1.82, 2.24) is 4.90 Å². The number of likely N-dealkylation sites (tertiary alicyclic amines) is 1.